The van der Waals surface area contributed by atoms with Gasteiger partial charge in [-0.15, -0.1) is 0 Å². The lowest BCUT2D eigenvalue weighted by Gasteiger charge is -2.40. The lowest BCUT2D eigenvalue weighted by molar-refractivity contribution is -0.180. The lowest BCUT2D eigenvalue weighted by atomic mass is 9.97. The van der Waals surface area contributed by atoms with Crippen LogP contribution in [0.5, 0.6) is 5.75 Å². The van der Waals surface area contributed by atoms with Crippen molar-refractivity contribution in [2.24, 2.45) is 11.8 Å². The fraction of sp³-hybridized carbons (Fsp3) is 0.379. The zero-order valence-electron chi connectivity index (χ0n) is 23.1. The Morgan fingerprint density at radius 2 is 1.82 bits per heavy atom. The van der Waals surface area contributed by atoms with E-state index in [1.807, 2.05) is 18.6 Å². The van der Waals surface area contributed by atoms with Gasteiger partial charge in [0.1, 0.15) is 17.4 Å². The number of pyridine rings is 1. The molecule has 4 rings (SSSR count). The third kappa shape index (κ3) is 5.96. The Kier molecular flexibility index (Phi) is 7.94. The minimum atomic E-state index is -4.24. The largest absolute Gasteiger partial charge is 0.493 e. The molecule has 1 amide bonds. The van der Waals surface area contributed by atoms with Gasteiger partial charge in [0.15, 0.2) is 0 Å². The zero-order valence-corrected chi connectivity index (χ0v) is 23.9. The first-order valence-corrected chi connectivity index (χ1v) is 14.4. The van der Waals surface area contributed by atoms with Crippen LogP contribution in [0.1, 0.15) is 51.4 Å². The molecule has 1 fully saturated rings. The van der Waals surface area contributed by atoms with Crippen LogP contribution < -0.4 is 14.4 Å². The standard InChI is InChI=1S/C29H34FN3O6S/c1-18(2)17-39-22-14-20(13-21(30)15-22)25-12-11-24(27(34)32-40(37,38)23-9-7-6-8-10-23)26(31-25)33-28(4,5)16-19(3)29(33,35)36/h6-15,18-19,35-36H,16-17H2,1-5H3,(H,32,34)/t19-/m0/s1. The number of hydrogen-bond acceptors (Lipinski definition) is 8. The van der Waals surface area contributed by atoms with Gasteiger partial charge in [-0.2, -0.15) is 0 Å². The van der Waals surface area contributed by atoms with Crippen LogP contribution in [0.2, 0.25) is 0 Å². The summed E-state index contributed by atoms with van der Waals surface area (Å²) in [6.07, 6.45) is 0.336. The van der Waals surface area contributed by atoms with Crippen LogP contribution in [0.3, 0.4) is 0 Å². The zero-order chi connectivity index (χ0) is 29.5. The van der Waals surface area contributed by atoms with E-state index in [-0.39, 0.29) is 33.6 Å². The average molecular weight is 572 g/mol. The monoisotopic (exact) mass is 571 g/mol. The Hall–Kier alpha value is -3.54. The number of benzene rings is 2. The molecule has 11 heteroatoms. The SMILES string of the molecule is CC(C)COc1cc(F)cc(-c2ccc(C(=O)NS(=O)(=O)c3ccccc3)c(N3C(C)(C)C[C@H](C)C3(O)O)n2)c1. The molecule has 0 unspecified atom stereocenters. The second-order valence-electron chi connectivity index (χ2n) is 11.1. The highest BCUT2D eigenvalue weighted by atomic mass is 32.2. The summed E-state index contributed by atoms with van der Waals surface area (Å²) in [6.45, 7) is 9.46. The first kappa shape index (κ1) is 29.4. The molecule has 0 saturated carbocycles. The molecule has 3 N–H and O–H groups in total. The average Bonchev–Trinajstić information content (AvgIpc) is 3.03. The number of aromatic nitrogens is 1. The fourth-order valence-corrected chi connectivity index (χ4v) is 5.92. The van der Waals surface area contributed by atoms with Gasteiger partial charge < -0.3 is 14.9 Å². The summed E-state index contributed by atoms with van der Waals surface area (Å²) in [6, 6.07) is 14.3. The second-order valence-corrected chi connectivity index (χ2v) is 12.8. The fourth-order valence-electron chi connectivity index (χ4n) is 4.94. The maximum atomic E-state index is 14.6. The molecule has 2 aromatic carbocycles. The molecular weight excluding hydrogens is 537 g/mol. The minimum Gasteiger partial charge on any atom is -0.493 e. The van der Waals surface area contributed by atoms with Crippen molar-refractivity contribution >= 4 is 21.7 Å². The van der Waals surface area contributed by atoms with Crippen molar-refractivity contribution in [3.8, 4) is 17.0 Å². The van der Waals surface area contributed by atoms with Gasteiger partial charge in [-0.1, -0.05) is 39.0 Å². The molecule has 1 aliphatic rings. The molecule has 214 valence electrons. The number of anilines is 1. The molecule has 1 saturated heterocycles. The first-order chi connectivity index (χ1) is 18.6. The van der Waals surface area contributed by atoms with Crippen LogP contribution in [0, 0.1) is 17.7 Å². The highest BCUT2D eigenvalue weighted by Crippen LogP contribution is 2.46. The Morgan fingerprint density at radius 3 is 2.42 bits per heavy atom. The van der Waals surface area contributed by atoms with E-state index >= 15 is 0 Å². The van der Waals surface area contributed by atoms with E-state index in [4.69, 9.17) is 4.74 Å². The number of carbonyl (C=O) groups excluding carboxylic acids is 1. The van der Waals surface area contributed by atoms with Crippen LogP contribution in [0.4, 0.5) is 10.2 Å². The predicted octanol–water partition coefficient (Wildman–Crippen LogP) is 4.30. The molecule has 3 aromatic rings. The van der Waals surface area contributed by atoms with E-state index in [2.05, 4.69) is 4.98 Å². The lowest BCUT2D eigenvalue weighted by Crippen LogP contribution is -2.54. The molecule has 40 heavy (non-hydrogen) atoms. The van der Waals surface area contributed by atoms with E-state index in [0.717, 1.165) is 0 Å². The minimum absolute atomic E-state index is 0.114. The smallest absolute Gasteiger partial charge is 0.268 e. The van der Waals surface area contributed by atoms with Gasteiger partial charge in [0.25, 0.3) is 21.8 Å². The molecule has 0 spiro atoms. The van der Waals surface area contributed by atoms with Crippen LogP contribution in [-0.4, -0.2) is 47.6 Å². The maximum Gasteiger partial charge on any atom is 0.268 e. The van der Waals surface area contributed by atoms with Crippen molar-refractivity contribution in [1.82, 2.24) is 9.71 Å². The number of nitrogens with one attached hydrogen (secondary N) is 1. The number of aliphatic hydroxyl groups is 2. The Morgan fingerprint density at radius 1 is 1.15 bits per heavy atom. The van der Waals surface area contributed by atoms with Gasteiger partial charge in [0.2, 0.25) is 0 Å². The third-order valence-corrected chi connectivity index (χ3v) is 8.11. The van der Waals surface area contributed by atoms with Crippen molar-refractivity contribution in [1.29, 1.82) is 0 Å². The number of rotatable bonds is 8. The third-order valence-electron chi connectivity index (χ3n) is 6.76. The number of nitrogens with zero attached hydrogens (tertiary/aromatic N) is 2. The summed E-state index contributed by atoms with van der Waals surface area (Å²) in [5, 5.41) is 22.2. The van der Waals surface area contributed by atoms with E-state index in [9.17, 15) is 27.8 Å². The Labute approximate surface area is 233 Å². The van der Waals surface area contributed by atoms with E-state index in [1.54, 1.807) is 32.9 Å². The molecule has 2 heterocycles. The van der Waals surface area contributed by atoms with Gasteiger partial charge in [0.05, 0.1) is 22.8 Å². The maximum absolute atomic E-state index is 14.6. The van der Waals surface area contributed by atoms with Crippen LogP contribution in [0.15, 0.2) is 65.6 Å². The van der Waals surface area contributed by atoms with Crippen LogP contribution >= 0.6 is 0 Å². The summed E-state index contributed by atoms with van der Waals surface area (Å²) >= 11 is 0. The summed E-state index contributed by atoms with van der Waals surface area (Å²) in [5.41, 5.74) is -0.548. The summed E-state index contributed by atoms with van der Waals surface area (Å²) in [7, 11) is -4.24. The molecule has 9 nitrogen and oxygen atoms in total. The van der Waals surface area contributed by atoms with Gasteiger partial charge in [-0.05, 0) is 62.6 Å². The molecular formula is C29H34FN3O6S. The van der Waals surface area contributed by atoms with Crippen LogP contribution in [0.25, 0.3) is 11.3 Å². The number of amides is 1. The molecule has 0 radical (unpaired) electrons. The van der Waals surface area contributed by atoms with Gasteiger partial charge in [0, 0.05) is 23.1 Å². The molecule has 1 aromatic heterocycles. The van der Waals surface area contributed by atoms with E-state index < -0.39 is 39.1 Å². The molecule has 1 atom stereocenters. The highest BCUT2D eigenvalue weighted by molar-refractivity contribution is 7.90. The van der Waals surface area contributed by atoms with Crippen molar-refractivity contribution in [3.63, 3.8) is 0 Å². The van der Waals surface area contributed by atoms with Crippen LogP contribution in [-0.2, 0) is 10.0 Å². The first-order valence-electron chi connectivity index (χ1n) is 12.9. The van der Waals surface area contributed by atoms with Crippen molar-refractivity contribution in [3.05, 3.63) is 72.0 Å². The van der Waals surface area contributed by atoms with Gasteiger partial charge in [-0.3, -0.25) is 9.69 Å². The van der Waals surface area contributed by atoms with E-state index in [0.29, 0.717) is 18.6 Å². The quantitative estimate of drug-likeness (QED) is 0.341. The number of ether oxygens (including phenoxy) is 1. The summed E-state index contributed by atoms with van der Waals surface area (Å²) in [4.78, 5) is 19.1. The van der Waals surface area contributed by atoms with Gasteiger partial charge in [-0.25, -0.2) is 22.5 Å². The Balaban J connectivity index is 1.83. The second kappa shape index (κ2) is 10.8. The van der Waals surface area contributed by atoms with E-state index in [1.165, 1.54) is 53.4 Å². The Bertz CT molecular complexity index is 1510. The molecule has 1 aliphatic heterocycles. The van der Waals surface area contributed by atoms with Crippen molar-refractivity contribution in [2.75, 3.05) is 11.5 Å². The molecule has 0 aliphatic carbocycles. The highest BCUT2D eigenvalue weighted by Gasteiger charge is 2.55. The number of hydrogen-bond donors (Lipinski definition) is 3. The summed E-state index contributed by atoms with van der Waals surface area (Å²) in [5.74, 6) is -4.28. The topological polar surface area (TPSA) is 129 Å². The van der Waals surface area contributed by atoms with Gasteiger partial charge >= 0.3 is 0 Å². The number of halogens is 1. The van der Waals surface area contributed by atoms with Crippen molar-refractivity contribution < 1.29 is 32.6 Å². The summed E-state index contributed by atoms with van der Waals surface area (Å²) < 4.78 is 48.1. The normalized spacial score (nSPS) is 18.1. The predicted molar refractivity (Wildman–Crippen MR) is 149 cm³/mol. The molecule has 0 bridgehead atoms. The number of carbonyl (C=O) groups is 1. The number of sulfonamides is 1. The van der Waals surface area contributed by atoms with Crippen molar-refractivity contribution in [2.45, 2.75) is 57.4 Å².